The van der Waals surface area contributed by atoms with E-state index in [4.69, 9.17) is 0 Å². The minimum absolute atomic E-state index is 0.0216. The first kappa shape index (κ1) is 14.4. The Balaban J connectivity index is 1.80. The van der Waals surface area contributed by atoms with Gasteiger partial charge < -0.3 is 15.4 Å². The van der Waals surface area contributed by atoms with E-state index in [1.165, 1.54) is 18.3 Å². The molecule has 1 heterocycles. The number of nitrogens with one attached hydrogen (secondary N) is 2. The Hall–Kier alpha value is -2.06. The second kappa shape index (κ2) is 5.51. The van der Waals surface area contributed by atoms with E-state index in [9.17, 15) is 22.4 Å². The van der Waals surface area contributed by atoms with Crippen LogP contribution in [0.3, 0.4) is 0 Å². The molecule has 1 aromatic heterocycles. The molecule has 2 N–H and O–H groups in total. The Morgan fingerprint density at radius 2 is 2.25 bits per heavy atom. The summed E-state index contributed by atoms with van der Waals surface area (Å²) in [7, 11) is 0. The third-order valence-corrected chi connectivity index (χ3v) is 2.59. The van der Waals surface area contributed by atoms with Crippen LogP contribution in [0.5, 0.6) is 5.88 Å². The lowest BCUT2D eigenvalue weighted by Gasteiger charge is -2.08. The topological polar surface area (TPSA) is 63.2 Å². The van der Waals surface area contributed by atoms with Crippen molar-refractivity contribution >= 4 is 6.03 Å². The molecule has 0 bridgehead atoms. The zero-order chi connectivity index (χ0) is 14.8. The fourth-order valence-electron chi connectivity index (χ4n) is 1.48. The molecule has 2 amide bonds. The number of ether oxygens (including phenoxy) is 1. The third-order valence-electron chi connectivity index (χ3n) is 2.59. The van der Waals surface area contributed by atoms with Crippen LogP contribution in [-0.2, 0) is 6.54 Å². The molecular formula is C11H11F4N3O2. The van der Waals surface area contributed by atoms with Crippen LogP contribution in [0.15, 0.2) is 18.3 Å². The molecule has 1 saturated carbocycles. The number of aromatic nitrogens is 1. The number of urea groups is 1. The van der Waals surface area contributed by atoms with Crippen molar-refractivity contribution in [3.63, 3.8) is 0 Å². The maximum atomic E-state index is 12.6. The van der Waals surface area contributed by atoms with Crippen LogP contribution in [-0.4, -0.2) is 29.6 Å². The van der Waals surface area contributed by atoms with Crippen molar-refractivity contribution in [2.24, 2.45) is 0 Å². The Bertz CT molecular complexity index is 498. The molecule has 1 aliphatic carbocycles. The molecule has 1 atom stereocenters. The zero-order valence-corrected chi connectivity index (χ0v) is 10.1. The van der Waals surface area contributed by atoms with Crippen molar-refractivity contribution in [3.8, 4) is 5.88 Å². The summed E-state index contributed by atoms with van der Waals surface area (Å²) < 4.78 is 53.2. The predicted molar refractivity (Wildman–Crippen MR) is 59.6 cm³/mol. The molecule has 0 aliphatic heterocycles. The average molecular weight is 293 g/mol. The van der Waals surface area contributed by atoms with Gasteiger partial charge in [0.1, 0.15) is 6.04 Å². The smallest absolute Gasteiger partial charge is 0.388 e. The molecule has 5 nitrogen and oxygen atoms in total. The number of halogens is 4. The number of pyridine rings is 1. The van der Waals surface area contributed by atoms with Crippen LogP contribution in [0.25, 0.3) is 0 Å². The van der Waals surface area contributed by atoms with E-state index in [0.29, 0.717) is 5.56 Å². The quantitative estimate of drug-likeness (QED) is 0.815. The largest absolute Gasteiger partial charge is 0.417 e. The van der Waals surface area contributed by atoms with Crippen LogP contribution >= 0.6 is 0 Å². The van der Waals surface area contributed by atoms with Gasteiger partial charge in [-0.15, -0.1) is 0 Å². The number of carbonyl (C=O) groups excluding carboxylic acids is 1. The summed E-state index contributed by atoms with van der Waals surface area (Å²) in [6.07, 6.45) is 0.865. The van der Waals surface area contributed by atoms with Gasteiger partial charge >= 0.3 is 12.6 Å². The van der Waals surface area contributed by atoms with Gasteiger partial charge in [-0.2, -0.15) is 8.78 Å². The standard InChI is InChI=1S/C11H11F4N3O2/c12-9(13)20-8-3-6(1-2-16-8)5-17-10(19)18-7-4-11(7,14)15/h1-3,7,9H,4-5H2,(H2,17,18,19). The van der Waals surface area contributed by atoms with E-state index in [1.807, 2.05) is 0 Å². The monoisotopic (exact) mass is 293 g/mol. The number of nitrogens with zero attached hydrogens (tertiary/aromatic N) is 1. The van der Waals surface area contributed by atoms with E-state index < -0.39 is 24.6 Å². The summed E-state index contributed by atoms with van der Waals surface area (Å²) >= 11 is 0. The van der Waals surface area contributed by atoms with E-state index in [-0.39, 0.29) is 18.8 Å². The maximum absolute atomic E-state index is 12.6. The van der Waals surface area contributed by atoms with Crippen molar-refractivity contribution in [2.45, 2.75) is 31.5 Å². The third kappa shape index (κ3) is 3.97. The molecule has 1 aliphatic rings. The molecule has 20 heavy (non-hydrogen) atoms. The van der Waals surface area contributed by atoms with Crippen LogP contribution in [0.4, 0.5) is 22.4 Å². The van der Waals surface area contributed by atoms with Gasteiger partial charge in [0, 0.05) is 25.2 Å². The summed E-state index contributed by atoms with van der Waals surface area (Å²) in [5, 5.41) is 4.43. The van der Waals surface area contributed by atoms with Gasteiger partial charge in [0.15, 0.2) is 0 Å². The van der Waals surface area contributed by atoms with Gasteiger partial charge in [-0.05, 0) is 11.6 Å². The molecular weight excluding hydrogens is 282 g/mol. The molecule has 1 unspecified atom stereocenters. The van der Waals surface area contributed by atoms with Crippen LogP contribution in [0, 0.1) is 0 Å². The fraction of sp³-hybridized carbons (Fsp3) is 0.455. The second-order valence-electron chi connectivity index (χ2n) is 4.23. The van der Waals surface area contributed by atoms with Crippen LogP contribution in [0.1, 0.15) is 12.0 Å². The predicted octanol–water partition coefficient (Wildman–Crippen LogP) is 1.89. The fourth-order valence-corrected chi connectivity index (χ4v) is 1.48. The molecule has 0 aromatic carbocycles. The molecule has 0 saturated heterocycles. The highest BCUT2D eigenvalue weighted by atomic mass is 19.3. The zero-order valence-electron chi connectivity index (χ0n) is 10.1. The first-order valence-electron chi connectivity index (χ1n) is 5.69. The molecule has 0 radical (unpaired) electrons. The second-order valence-corrected chi connectivity index (χ2v) is 4.23. The Morgan fingerprint density at radius 3 is 2.85 bits per heavy atom. The number of hydrogen-bond acceptors (Lipinski definition) is 3. The van der Waals surface area contributed by atoms with Gasteiger partial charge in [-0.3, -0.25) is 0 Å². The van der Waals surface area contributed by atoms with Gasteiger partial charge in [0.05, 0.1) is 0 Å². The Morgan fingerprint density at radius 1 is 1.55 bits per heavy atom. The highest BCUT2D eigenvalue weighted by Crippen LogP contribution is 2.41. The summed E-state index contributed by atoms with van der Waals surface area (Å²) in [5.74, 6) is -3.12. The normalized spacial score (nSPS) is 19.6. The van der Waals surface area contributed by atoms with Gasteiger partial charge in [-0.1, -0.05) is 0 Å². The maximum Gasteiger partial charge on any atom is 0.388 e. The summed E-state index contributed by atoms with van der Waals surface area (Å²) in [6, 6.07) is 0.806. The van der Waals surface area contributed by atoms with Crippen molar-refractivity contribution in [3.05, 3.63) is 23.9 Å². The lowest BCUT2D eigenvalue weighted by Crippen LogP contribution is -2.38. The minimum atomic E-state index is -2.99. The molecule has 1 fully saturated rings. The first-order chi connectivity index (χ1) is 9.37. The molecule has 1 aromatic rings. The minimum Gasteiger partial charge on any atom is -0.417 e. The highest BCUT2D eigenvalue weighted by molar-refractivity contribution is 5.74. The summed E-state index contributed by atoms with van der Waals surface area (Å²) in [5.41, 5.74) is 0.452. The SMILES string of the molecule is O=C(NCc1ccnc(OC(F)F)c1)NC1CC1(F)F. The van der Waals surface area contributed by atoms with Gasteiger partial charge in [0.2, 0.25) is 5.88 Å². The van der Waals surface area contributed by atoms with Gasteiger partial charge in [0.25, 0.3) is 5.92 Å². The average Bonchev–Trinajstić information content (AvgIpc) is 2.93. The van der Waals surface area contributed by atoms with E-state index in [0.717, 1.165) is 0 Å². The van der Waals surface area contributed by atoms with Gasteiger partial charge in [-0.25, -0.2) is 18.6 Å². The number of alkyl halides is 4. The lowest BCUT2D eigenvalue weighted by molar-refractivity contribution is -0.0529. The molecule has 9 heteroatoms. The van der Waals surface area contributed by atoms with Crippen molar-refractivity contribution < 1.29 is 27.1 Å². The number of amides is 2. The number of rotatable bonds is 5. The van der Waals surface area contributed by atoms with Crippen molar-refractivity contribution in [1.82, 2.24) is 15.6 Å². The van der Waals surface area contributed by atoms with Crippen LogP contribution in [0.2, 0.25) is 0 Å². The van der Waals surface area contributed by atoms with E-state index >= 15 is 0 Å². The first-order valence-corrected chi connectivity index (χ1v) is 5.69. The molecule has 0 spiro atoms. The van der Waals surface area contributed by atoms with Crippen molar-refractivity contribution in [1.29, 1.82) is 0 Å². The highest BCUT2D eigenvalue weighted by Gasteiger charge is 2.57. The summed E-state index contributed by atoms with van der Waals surface area (Å²) in [4.78, 5) is 14.8. The van der Waals surface area contributed by atoms with Crippen molar-refractivity contribution in [2.75, 3.05) is 0 Å². The Kier molecular flexibility index (Phi) is 3.96. The summed E-state index contributed by atoms with van der Waals surface area (Å²) in [6.45, 7) is -3.02. The number of carbonyl (C=O) groups is 1. The lowest BCUT2D eigenvalue weighted by atomic mass is 10.2. The van der Waals surface area contributed by atoms with E-state index in [1.54, 1.807) is 0 Å². The molecule has 110 valence electrons. The van der Waals surface area contributed by atoms with Crippen LogP contribution < -0.4 is 15.4 Å². The molecule has 2 rings (SSSR count). The number of hydrogen-bond donors (Lipinski definition) is 2. The van der Waals surface area contributed by atoms with E-state index in [2.05, 4.69) is 20.4 Å². The Labute approximate surface area is 111 Å².